The molecule has 12 heteroatoms. The molecule has 0 bridgehead atoms. The molecule has 0 spiro atoms. The molecule has 38 heavy (non-hydrogen) atoms. The Labute approximate surface area is 226 Å². The van der Waals surface area contributed by atoms with Crippen molar-refractivity contribution < 1.29 is 9.53 Å². The summed E-state index contributed by atoms with van der Waals surface area (Å²) in [5.41, 5.74) is 9.42. The average Bonchev–Trinajstić information content (AvgIpc) is 3.06. The van der Waals surface area contributed by atoms with E-state index in [4.69, 9.17) is 27.2 Å². The molecule has 2 aliphatic heterocycles. The molecule has 5 rings (SSSR count). The van der Waals surface area contributed by atoms with Crippen molar-refractivity contribution in [2.75, 3.05) is 25.4 Å². The van der Waals surface area contributed by atoms with Crippen LogP contribution < -0.4 is 15.8 Å². The first-order chi connectivity index (χ1) is 18.1. The van der Waals surface area contributed by atoms with Gasteiger partial charge >= 0.3 is 6.03 Å². The van der Waals surface area contributed by atoms with Crippen molar-refractivity contribution >= 4 is 34.5 Å². The van der Waals surface area contributed by atoms with E-state index in [0.717, 1.165) is 16.8 Å². The predicted octanol–water partition coefficient (Wildman–Crippen LogP) is 3.24. The monoisotopic (exact) mass is 537 g/mol. The van der Waals surface area contributed by atoms with Crippen LogP contribution >= 0.6 is 11.6 Å². The Bertz CT molecular complexity index is 1440. The van der Waals surface area contributed by atoms with Gasteiger partial charge in [0.1, 0.15) is 30.1 Å². The maximum Gasteiger partial charge on any atom is 0.317 e. The summed E-state index contributed by atoms with van der Waals surface area (Å²) in [5, 5.41) is 18.8. The van der Waals surface area contributed by atoms with Crippen LogP contribution in [-0.2, 0) is 6.54 Å². The van der Waals surface area contributed by atoms with Gasteiger partial charge in [0.15, 0.2) is 5.65 Å². The SMILES string of the molecule is Cc1nn(C(C)c2cc(Cl)c(C#N)c3c2O[C@H](C)CN(C2CN(C(=O)NC(C)C)C2)C3)c2ncnc(N)c12. The number of nitrogens with one attached hydrogen (secondary N) is 1. The highest BCUT2D eigenvalue weighted by molar-refractivity contribution is 6.32. The molecule has 3 N–H and O–H groups in total. The number of urea groups is 1. The van der Waals surface area contributed by atoms with Crippen molar-refractivity contribution in [1.82, 2.24) is 34.9 Å². The third-order valence-electron chi connectivity index (χ3n) is 7.23. The molecule has 2 atom stereocenters. The highest BCUT2D eigenvalue weighted by Gasteiger charge is 2.38. The Balaban J connectivity index is 1.51. The number of likely N-dealkylation sites (tertiary alicyclic amines) is 1. The van der Waals surface area contributed by atoms with Crippen molar-refractivity contribution in [2.24, 2.45) is 0 Å². The molecule has 1 aromatic carbocycles. The number of carbonyl (C=O) groups is 1. The van der Waals surface area contributed by atoms with Gasteiger partial charge in [0.2, 0.25) is 0 Å². The molecular formula is C26H32ClN9O2. The molecule has 0 radical (unpaired) electrons. The smallest absolute Gasteiger partial charge is 0.317 e. The molecule has 200 valence electrons. The van der Waals surface area contributed by atoms with Crippen molar-refractivity contribution in [2.45, 2.75) is 65.4 Å². The number of fused-ring (bicyclic) bond motifs is 2. The van der Waals surface area contributed by atoms with Crippen molar-refractivity contribution in [3.63, 3.8) is 0 Å². The van der Waals surface area contributed by atoms with Crippen molar-refractivity contribution in [3.05, 3.63) is 39.8 Å². The molecule has 0 saturated carbocycles. The van der Waals surface area contributed by atoms with E-state index < -0.39 is 0 Å². The normalized spacial score (nSPS) is 18.9. The largest absolute Gasteiger partial charge is 0.489 e. The predicted molar refractivity (Wildman–Crippen MR) is 144 cm³/mol. The summed E-state index contributed by atoms with van der Waals surface area (Å²) in [6, 6.07) is 3.96. The van der Waals surface area contributed by atoms with Crippen LogP contribution in [0, 0.1) is 18.3 Å². The second-order valence-electron chi connectivity index (χ2n) is 10.4. The Morgan fingerprint density at radius 2 is 2.03 bits per heavy atom. The molecule has 2 aliphatic rings. The van der Waals surface area contributed by atoms with E-state index in [0.29, 0.717) is 59.4 Å². The van der Waals surface area contributed by atoms with E-state index >= 15 is 0 Å². The first-order valence-corrected chi connectivity index (χ1v) is 13.1. The maximum absolute atomic E-state index is 12.4. The zero-order chi connectivity index (χ0) is 27.3. The molecule has 1 unspecified atom stereocenters. The number of nitrogens with two attached hydrogens (primary N) is 1. The van der Waals surface area contributed by atoms with Gasteiger partial charge in [-0.05, 0) is 40.7 Å². The highest BCUT2D eigenvalue weighted by atomic mass is 35.5. The number of aromatic nitrogens is 4. The molecule has 4 heterocycles. The lowest BCUT2D eigenvalue weighted by Crippen LogP contribution is -2.63. The molecule has 1 saturated heterocycles. The van der Waals surface area contributed by atoms with E-state index in [2.05, 4.69) is 26.3 Å². The van der Waals surface area contributed by atoms with Crippen molar-refractivity contribution in [1.29, 1.82) is 5.26 Å². The van der Waals surface area contributed by atoms with Gasteiger partial charge in [-0.15, -0.1) is 0 Å². The van der Waals surface area contributed by atoms with Crippen LogP contribution in [0.5, 0.6) is 5.75 Å². The molecular weight excluding hydrogens is 506 g/mol. The number of anilines is 1. The number of amides is 2. The Hall–Kier alpha value is -3.62. The van der Waals surface area contributed by atoms with Crippen LogP contribution in [-0.4, -0.2) is 73.4 Å². The summed E-state index contributed by atoms with van der Waals surface area (Å²) in [5.74, 6) is 1.02. The maximum atomic E-state index is 12.4. The van der Waals surface area contributed by atoms with Crippen LogP contribution in [0.3, 0.4) is 0 Å². The zero-order valence-corrected chi connectivity index (χ0v) is 23.0. The fraction of sp³-hybridized carbons (Fsp3) is 0.500. The number of nitrogen functional groups attached to an aromatic ring is 1. The molecule has 2 aromatic heterocycles. The lowest BCUT2D eigenvalue weighted by atomic mass is 9.97. The van der Waals surface area contributed by atoms with Crippen LogP contribution in [0.15, 0.2) is 12.4 Å². The number of carbonyl (C=O) groups excluding carboxylic acids is 1. The first kappa shape index (κ1) is 26.0. The standard InChI is InChI=1S/C26H32ClN9O2/c1-13(2)32-26(37)35-9-17(10-35)34-8-14(3)38-23-18(6-21(27)19(7-28)20(23)11-34)16(5)36-25-22(15(4)33-36)24(29)30-12-31-25/h6,12-14,16-17H,8-11H2,1-5H3,(H,32,37)(H2,29,30,31)/t14-,16?/m1/s1. The van der Waals surface area contributed by atoms with Crippen LogP contribution in [0.2, 0.25) is 5.02 Å². The van der Waals surface area contributed by atoms with Crippen LogP contribution in [0.4, 0.5) is 10.6 Å². The average molecular weight is 538 g/mol. The number of benzene rings is 1. The van der Waals surface area contributed by atoms with Gasteiger partial charge in [0.05, 0.1) is 27.7 Å². The summed E-state index contributed by atoms with van der Waals surface area (Å²) < 4.78 is 8.30. The highest BCUT2D eigenvalue weighted by Crippen LogP contribution is 2.41. The molecule has 3 aromatic rings. The van der Waals surface area contributed by atoms with E-state index in [9.17, 15) is 10.1 Å². The van der Waals surface area contributed by atoms with E-state index in [-0.39, 0.29) is 30.3 Å². The topological polar surface area (TPSA) is 138 Å². The Kier molecular flexibility index (Phi) is 6.79. The third kappa shape index (κ3) is 4.48. The summed E-state index contributed by atoms with van der Waals surface area (Å²) in [4.78, 5) is 25.0. The van der Waals surface area contributed by atoms with Crippen LogP contribution in [0.1, 0.15) is 56.1 Å². The fourth-order valence-electron chi connectivity index (χ4n) is 5.30. The molecule has 0 aliphatic carbocycles. The van der Waals surface area contributed by atoms with Gasteiger partial charge in [-0.3, -0.25) is 4.90 Å². The lowest BCUT2D eigenvalue weighted by Gasteiger charge is -2.45. The van der Waals surface area contributed by atoms with Gasteiger partial charge < -0.3 is 20.7 Å². The van der Waals surface area contributed by atoms with E-state index in [1.807, 2.05) is 34.6 Å². The molecule has 2 amide bonds. The van der Waals surface area contributed by atoms with E-state index in [1.165, 1.54) is 6.33 Å². The number of nitriles is 1. The fourth-order valence-corrected chi connectivity index (χ4v) is 5.58. The summed E-state index contributed by atoms with van der Waals surface area (Å²) >= 11 is 6.69. The van der Waals surface area contributed by atoms with Gasteiger partial charge in [-0.2, -0.15) is 10.4 Å². The number of hydrogen-bond donors (Lipinski definition) is 2. The second kappa shape index (κ2) is 9.93. The van der Waals surface area contributed by atoms with Gasteiger partial charge in [-0.1, -0.05) is 11.6 Å². The van der Waals surface area contributed by atoms with Crippen LogP contribution in [0.25, 0.3) is 11.0 Å². The Morgan fingerprint density at radius 3 is 2.71 bits per heavy atom. The number of ether oxygens (including phenoxy) is 1. The lowest BCUT2D eigenvalue weighted by molar-refractivity contribution is 0.0360. The molecule has 11 nitrogen and oxygen atoms in total. The number of aryl methyl sites for hydroxylation is 1. The quantitative estimate of drug-likeness (QED) is 0.517. The third-order valence-corrected chi connectivity index (χ3v) is 7.53. The molecule has 1 fully saturated rings. The van der Waals surface area contributed by atoms with Gasteiger partial charge in [-0.25, -0.2) is 19.4 Å². The first-order valence-electron chi connectivity index (χ1n) is 12.8. The van der Waals surface area contributed by atoms with E-state index in [1.54, 1.807) is 15.6 Å². The number of halogens is 1. The minimum Gasteiger partial charge on any atom is -0.489 e. The number of rotatable bonds is 4. The Morgan fingerprint density at radius 1 is 1.29 bits per heavy atom. The summed E-state index contributed by atoms with van der Waals surface area (Å²) in [6.07, 6.45) is 1.27. The summed E-state index contributed by atoms with van der Waals surface area (Å²) in [7, 11) is 0. The number of hydrogen-bond acceptors (Lipinski definition) is 8. The van der Waals surface area contributed by atoms with Crippen molar-refractivity contribution in [3.8, 4) is 11.8 Å². The van der Waals surface area contributed by atoms with Gasteiger partial charge in [0.25, 0.3) is 0 Å². The second-order valence-corrected chi connectivity index (χ2v) is 10.8. The minimum atomic E-state index is -0.308. The summed E-state index contributed by atoms with van der Waals surface area (Å²) in [6.45, 7) is 12.2. The minimum absolute atomic E-state index is 0.0566. The zero-order valence-electron chi connectivity index (χ0n) is 22.2. The van der Waals surface area contributed by atoms with Gasteiger partial charge in [0, 0.05) is 49.4 Å². The number of nitrogens with zero attached hydrogens (tertiary/aromatic N) is 7.